The van der Waals surface area contributed by atoms with Crippen LogP contribution in [0.4, 0.5) is 10.5 Å². The van der Waals surface area contributed by atoms with Gasteiger partial charge in [0.05, 0.1) is 18.7 Å². The Morgan fingerprint density at radius 2 is 1.79 bits per heavy atom. The van der Waals surface area contributed by atoms with Crippen molar-refractivity contribution in [1.29, 1.82) is 0 Å². The van der Waals surface area contributed by atoms with Crippen molar-refractivity contribution in [1.82, 2.24) is 10.2 Å². The molecule has 2 aromatic rings. The lowest BCUT2D eigenvalue weighted by Gasteiger charge is -2.18. The summed E-state index contributed by atoms with van der Waals surface area (Å²) >= 11 is 0. The van der Waals surface area contributed by atoms with Crippen molar-refractivity contribution in [3.05, 3.63) is 65.7 Å². The first-order valence-corrected chi connectivity index (χ1v) is 9.22. The number of urea groups is 1. The molecule has 0 radical (unpaired) electrons. The zero-order valence-electron chi connectivity index (χ0n) is 15.9. The molecule has 1 atom stereocenters. The van der Waals surface area contributed by atoms with Gasteiger partial charge in [-0.25, -0.2) is 9.59 Å². The summed E-state index contributed by atoms with van der Waals surface area (Å²) in [5.74, 6) is -1.49. The zero-order chi connectivity index (χ0) is 20.8. The molecule has 1 aliphatic rings. The molecular formula is C21H21N3O5. The van der Waals surface area contributed by atoms with Crippen LogP contribution in [0.2, 0.25) is 0 Å². The highest BCUT2D eigenvalue weighted by Crippen LogP contribution is 2.17. The van der Waals surface area contributed by atoms with Gasteiger partial charge in [0, 0.05) is 5.69 Å². The minimum Gasteiger partial charge on any atom is -0.449 e. The molecule has 2 N–H and O–H groups in total. The van der Waals surface area contributed by atoms with Crippen LogP contribution in [-0.2, 0) is 20.9 Å². The average Bonchev–Trinajstić information content (AvgIpc) is 3.05. The quantitative estimate of drug-likeness (QED) is 0.553. The van der Waals surface area contributed by atoms with Gasteiger partial charge >= 0.3 is 12.0 Å². The second-order valence-electron chi connectivity index (χ2n) is 6.45. The van der Waals surface area contributed by atoms with Crippen LogP contribution in [0.15, 0.2) is 54.6 Å². The van der Waals surface area contributed by atoms with Gasteiger partial charge in [-0.1, -0.05) is 43.3 Å². The first-order valence-electron chi connectivity index (χ1n) is 9.22. The molecule has 1 unspecified atom stereocenters. The molecule has 8 nitrogen and oxygen atoms in total. The molecular weight excluding hydrogens is 374 g/mol. The number of esters is 1. The number of benzene rings is 2. The largest absolute Gasteiger partial charge is 0.449 e. The summed E-state index contributed by atoms with van der Waals surface area (Å²) in [6, 6.07) is 14.9. The summed E-state index contributed by atoms with van der Waals surface area (Å²) < 4.78 is 5.42. The summed E-state index contributed by atoms with van der Waals surface area (Å²) in [7, 11) is 0. The number of hydrogen-bond donors (Lipinski definition) is 2. The molecule has 150 valence electrons. The Kier molecular flexibility index (Phi) is 6.23. The summed E-state index contributed by atoms with van der Waals surface area (Å²) in [4.78, 5) is 49.8. The summed E-state index contributed by atoms with van der Waals surface area (Å²) in [5.41, 5.74) is 1.26. The molecule has 8 heteroatoms. The van der Waals surface area contributed by atoms with E-state index < -0.39 is 24.0 Å². The van der Waals surface area contributed by atoms with Crippen LogP contribution in [0, 0.1) is 0 Å². The highest BCUT2D eigenvalue weighted by molar-refractivity contribution is 6.02. The molecule has 4 amide bonds. The van der Waals surface area contributed by atoms with E-state index in [1.54, 1.807) is 49.4 Å². The Bertz CT molecular complexity index is 913. The van der Waals surface area contributed by atoms with Gasteiger partial charge in [0.25, 0.3) is 5.91 Å². The van der Waals surface area contributed by atoms with Gasteiger partial charge in [-0.05, 0) is 30.2 Å². The van der Waals surface area contributed by atoms with Gasteiger partial charge < -0.3 is 15.4 Å². The number of anilines is 1. The van der Waals surface area contributed by atoms with Gasteiger partial charge in [0.2, 0.25) is 5.91 Å². The lowest BCUT2D eigenvalue weighted by Crippen LogP contribution is -2.33. The Labute approximate surface area is 167 Å². The van der Waals surface area contributed by atoms with E-state index >= 15 is 0 Å². The van der Waals surface area contributed by atoms with Crippen molar-refractivity contribution >= 4 is 29.5 Å². The maximum Gasteiger partial charge on any atom is 0.339 e. The number of nitrogens with one attached hydrogen (secondary N) is 2. The maximum absolute atomic E-state index is 12.7. The molecule has 0 saturated carbocycles. The van der Waals surface area contributed by atoms with Crippen molar-refractivity contribution in [2.24, 2.45) is 0 Å². The van der Waals surface area contributed by atoms with Crippen LogP contribution < -0.4 is 10.6 Å². The molecule has 1 fully saturated rings. The fraction of sp³-hybridized carbons (Fsp3) is 0.238. The van der Waals surface area contributed by atoms with E-state index in [1.807, 2.05) is 6.07 Å². The predicted molar refractivity (Wildman–Crippen MR) is 105 cm³/mol. The Morgan fingerprint density at radius 3 is 2.45 bits per heavy atom. The topological polar surface area (TPSA) is 105 Å². The monoisotopic (exact) mass is 395 g/mol. The number of hydrogen-bond acceptors (Lipinski definition) is 5. The Morgan fingerprint density at radius 1 is 1.10 bits per heavy atom. The van der Waals surface area contributed by atoms with Crippen LogP contribution in [0.5, 0.6) is 0 Å². The summed E-state index contributed by atoms with van der Waals surface area (Å²) in [6.07, 6.45) is -0.688. The van der Waals surface area contributed by atoms with E-state index in [0.717, 1.165) is 4.90 Å². The molecule has 0 aromatic heterocycles. The second-order valence-corrected chi connectivity index (χ2v) is 6.45. The van der Waals surface area contributed by atoms with E-state index in [9.17, 15) is 19.2 Å². The Hall–Kier alpha value is -3.68. The maximum atomic E-state index is 12.7. The molecule has 1 saturated heterocycles. The average molecular weight is 395 g/mol. The van der Waals surface area contributed by atoms with E-state index in [2.05, 4.69) is 10.6 Å². The van der Waals surface area contributed by atoms with Gasteiger partial charge in [-0.15, -0.1) is 0 Å². The third-order valence-electron chi connectivity index (χ3n) is 4.46. The number of carbonyl (C=O) groups excluding carboxylic acids is 4. The van der Waals surface area contributed by atoms with Gasteiger partial charge in [0.1, 0.15) is 0 Å². The fourth-order valence-electron chi connectivity index (χ4n) is 2.90. The fourth-order valence-corrected chi connectivity index (χ4v) is 2.90. The van der Waals surface area contributed by atoms with Crippen molar-refractivity contribution < 1.29 is 23.9 Å². The van der Waals surface area contributed by atoms with Crippen LogP contribution in [0.1, 0.15) is 29.3 Å². The molecule has 2 aromatic carbocycles. The third kappa shape index (κ3) is 4.78. The number of imide groups is 1. The number of amides is 4. The van der Waals surface area contributed by atoms with Crippen molar-refractivity contribution in [3.63, 3.8) is 0 Å². The van der Waals surface area contributed by atoms with Crippen LogP contribution in [-0.4, -0.2) is 41.4 Å². The van der Waals surface area contributed by atoms with Crippen molar-refractivity contribution in [2.75, 3.05) is 11.9 Å². The van der Waals surface area contributed by atoms with Crippen LogP contribution in [0.25, 0.3) is 0 Å². The van der Waals surface area contributed by atoms with Gasteiger partial charge in [-0.3, -0.25) is 14.5 Å². The normalized spacial score (nSPS) is 14.3. The third-order valence-corrected chi connectivity index (χ3v) is 4.46. The number of carbonyl (C=O) groups is 4. The van der Waals surface area contributed by atoms with E-state index in [4.69, 9.17) is 4.74 Å². The number of nitrogens with zero attached hydrogens (tertiary/aromatic N) is 1. The van der Waals surface area contributed by atoms with Crippen molar-refractivity contribution in [2.45, 2.75) is 26.0 Å². The lowest BCUT2D eigenvalue weighted by molar-refractivity contribution is -0.125. The van der Waals surface area contributed by atoms with E-state index in [1.165, 1.54) is 6.07 Å². The SMILES string of the molecule is CCC(OC(=O)c1ccccc1CN1C(=O)CNC1=O)C(=O)Nc1ccccc1. The van der Waals surface area contributed by atoms with Crippen LogP contribution >= 0.6 is 0 Å². The minimum atomic E-state index is -0.979. The summed E-state index contributed by atoms with van der Waals surface area (Å²) in [5, 5.41) is 5.15. The molecule has 1 aliphatic heterocycles. The van der Waals surface area contributed by atoms with Gasteiger partial charge in [-0.2, -0.15) is 0 Å². The number of para-hydroxylation sites is 1. The standard InChI is InChI=1S/C21H21N3O5/c1-2-17(19(26)23-15-9-4-3-5-10-15)29-20(27)16-11-7-6-8-14(16)13-24-18(25)12-22-21(24)28/h3-11,17H,2,12-13H2,1H3,(H,22,28)(H,23,26). The minimum absolute atomic E-state index is 0.0526. The first-order chi connectivity index (χ1) is 14.0. The molecule has 3 rings (SSSR count). The van der Waals surface area contributed by atoms with Crippen molar-refractivity contribution in [3.8, 4) is 0 Å². The van der Waals surface area contributed by atoms with E-state index in [0.29, 0.717) is 17.7 Å². The lowest BCUT2D eigenvalue weighted by atomic mass is 10.1. The molecule has 0 bridgehead atoms. The molecule has 29 heavy (non-hydrogen) atoms. The second kappa shape index (κ2) is 9.01. The molecule has 1 heterocycles. The number of rotatable bonds is 7. The van der Waals surface area contributed by atoms with Gasteiger partial charge in [0.15, 0.2) is 6.10 Å². The highest BCUT2D eigenvalue weighted by atomic mass is 16.5. The molecule has 0 spiro atoms. The summed E-state index contributed by atoms with van der Waals surface area (Å²) in [6.45, 7) is 1.62. The molecule has 0 aliphatic carbocycles. The first kappa shape index (κ1) is 20.1. The number of ether oxygens (including phenoxy) is 1. The highest BCUT2D eigenvalue weighted by Gasteiger charge is 2.30. The smallest absolute Gasteiger partial charge is 0.339 e. The zero-order valence-corrected chi connectivity index (χ0v) is 15.9. The van der Waals surface area contributed by atoms with Crippen LogP contribution in [0.3, 0.4) is 0 Å². The predicted octanol–water partition coefficient (Wildman–Crippen LogP) is 2.31. The van der Waals surface area contributed by atoms with E-state index in [-0.39, 0.29) is 24.6 Å². The Balaban J connectivity index is 1.71.